The van der Waals surface area contributed by atoms with Crippen LogP contribution in [0.1, 0.15) is 33.1 Å². The number of ketones is 2. The molecule has 38 heavy (non-hydrogen) atoms. The molecule has 4 aliphatic carbocycles. The molecule has 9 atom stereocenters. The molecule has 2 N–H and O–H groups in total. The maximum Gasteiger partial charge on any atom is 0.193 e. The second-order valence-electron chi connectivity index (χ2n) is 11.9. The molecule has 0 aromatic heterocycles. The predicted molar refractivity (Wildman–Crippen MR) is 137 cm³/mol. The second-order valence-corrected chi connectivity index (χ2v) is 12.7. The van der Waals surface area contributed by atoms with Crippen LogP contribution in [0, 0.1) is 28.6 Å². The zero-order valence-corrected chi connectivity index (χ0v) is 22.5. The number of aliphatic hydroxyl groups is 2. The summed E-state index contributed by atoms with van der Waals surface area (Å²) >= 11 is 12.3. The van der Waals surface area contributed by atoms with Crippen molar-refractivity contribution in [1.82, 2.24) is 0 Å². The van der Waals surface area contributed by atoms with Crippen LogP contribution in [0.15, 0.2) is 42.0 Å². The fourth-order valence-electron chi connectivity index (χ4n) is 8.66. The summed E-state index contributed by atoms with van der Waals surface area (Å²) in [6.07, 6.45) is 0.621. The minimum atomic E-state index is -2.26. The summed E-state index contributed by atoms with van der Waals surface area (Å²) in [5.74, 6) is -2.88. The van der Waals surface area contributed by atoms with Crippen molar-refractivity contribution in [2.24, 2.45) is 28.6 Å². The Balaban J connectivity index is 1.44. The van der Waals surface area contributed by atoms with Crippen LogP contribution in [-0.2, 0) is 14.4 Å². The van der Waals surface area contributed by atoms with E-state index in [4.69, 9.17) is 28.0 Å². The summed E-state index contributed by atoms with van der Waals surface area (Å²) in [5, 5.41) is 23.8. The quantitative estimate of drug-likeness (QED) is 0.555. The number of aliphatic hydroxyl groups excluding tert-OH is 2. The van der Waals surface area contributed by atoms with Gasteiger partial charge in [0.05, 0.1) is 28.4 Å². The first-order valence-electron chi connectivity index (χ1n) is 12.9. The molecule has 0 unspecified atom stereocenters. The van der Waals surface area contributed by atoms with Crippen molar-refractivity contribution in [1.29, 1.82) is 0 Å². The number of fused-ring (bicyclic) bond motifs is 7. The zero-order valence-electron chi connectivity index (χ0n) is 21.0. The number of hydrogen-bond donors (Lipinski definition) is 2. The van der Waals surface area contributed by atoms with Crippen LogP contribution in [0.25, 0.3) is 0 Å². The second kappa shape index (κ2) is 8.33. The molecule has 0 spiro atoms. The molecule has 1 heterocycles. The molecular formula is C28H29Cl2F2NO5. The standard InChI is InChI=1S/C28H29Cl2F2NO5/c1-25-6-5-16(35)9-19(25)22(31)10-18-17-7-14-12-33(15-3-4-20(29)21(30)8-15)38-28(14,24(37)13-34)26(17,2)11-23(36)27(18,25)32/h3-6,8-9,14,17-18,22-23,34,36H,7,10-13H2,1-2H3/t14-,17-,18-,22-,23-,25-,26-,27-,28-/m0/s1. The highest BCUT2D eigenvalue weighted by Gasteiger charge is 2.79. The zero-order chi connectivity index (χ0) is 27.4. The van der Waals surface area contributed by atoms with Crippen molar-refractivity contribution < 1.29 is 33.4 Å². The Labute approximate surface area is 229 Å². The van der Waals surface area contributed by atoms with Crippen molar-refractivity contribution in [2.45, 2.75) is 56.7 Å². The van der Waals surface area contributed by atoms with Crippen LogP contribution in [-0.4, -0.2) is 58.5 Å². The first kappa shape index (κ1) is 26.4. The molecule has 1 aromatic carbocycles. The number of allylic oxidation sites excluding steroid dienone is 4. The highest BCUT2D eigenvalue weighted by Crippen LogP contribution is 2.72. The number of halogens is 4. The molecular weight excluding hydrogens is 539 g/mol. The predicted octanol–water partition coefficient (Wildman–Crippen LogP) is 4.59. The normalized spacial score (nSPS) is 45.3. The minimum absolute atomic E-state index is 0.0489. The third kappa shape index (κ3) is 3.04. The molecule has 1 saturated heterocycles. The molecule has 10 heteroatoms. The van der Waals surface area contributed by atoms with Gasteiger partial charge >= 0.3 is 0 Å². The molecule has 4 fully saturated rings. The van der Waals surface area contributed by atoms with Gasteiger partial charge in [0.25, 0.3) is 0 Å². The van der Waals surface area contributed by atoms with Crippen molar-refractivity contribution in [3.8, 4) is 0 Å². The number of Topliss-reactive ketones (excluding diaryl/α,β-unsaturated/α-hetero) is 1. The lowest BCUT2D eigenvalue weighted by atomic mass is 9.44. The van der Waals surface area contributed by atoms with Gasteiger partial charge in [0.2, 0.25) is 0 Å². The SMILES string of the molecule is C[C@]12C=CC(=O)C=C1[C@@H](F)C[C@H]1[C@@H]3C[C@H]4CN(c5ccc(Cl)c(Cl)c5)O[C@@]4(C(=O)CO)[C@@]3(C)C[C@H](O)[C@@]12F. The van der Waals surface area contributed by atoms with Crippen molar-refractivity contribution in [3.63, 3.8) is 0 Å². The lowest BCUT2D eigenvalue weighted by Gasteiger charge is -2.63. The van der Waals surface area contributed by atoms with Crippen LogP contribution < -0.4 is 5.06 Å². The average Bonchev–Trinajstić information content (AvgIpc) is 3.37. The van der Waals surface area contributed by atoms with Crippen molar-refractivity contribution >= 4 is 40.5 Å². The number of alkyl halides is 2. The summed E-state index contributed by atoms with van der Waals surface area (Å²) in [7, 11) is 0. The topological polar surface area (TPSA) is 87.1 Å². The van der Waals surface area contributed by atoms with Crippen molar-refractivity contribution in [2.75, 3.05) is 18.2 Å². The summed E-state index contributed by atoms with van der Waals surface area (Å²) in [4.78, 5) is 32.0. The lowest BCUT2D eigenvalue weighted by Crippen LogP contribution is -2.70. The number of hydroxylamine groups is 1. The number of hydrogen-bond acceptors (Lipinski definition) is 6. The van der Waals surface area contributed by atoms with E-state index in [1.807, 2.05) is 0 Å². The molecule has 0 amide bonds. The maximum absolute atomic E-state index is 17.4. The van der Waals surface area contributed by atoms with Gasteiger partial charge in [-0.25, -0.2) is 8.78 Å². The van der Waals surface area contributed by atoms with Gasteiger partial charge in [0.1, 0.15) is 12.8 Å². The van der Waals surface area contributed by atoms with E-state index in [1.54, 1.807) is 37.1 Å². The third-order valence-corrected chi connectivity index (χ3v) is 11.1. The lowest BCUT2D eigenvalue weighted by molar-refractivity contribution is -0.228. The van der Waals surface area contributed by atoms with E-state index in [1.165, 1.54) is 12.2 Å². The smallest absolute Gasteiger partial charge is 0.193 e. The first-order valence-corrected chi connectivity index (χ1v) is 13.6. The highest BCUT2D eigenvalue weighted by molar-refractivity contribution is 6.42. The van der Waals surface area contributed by atoms with E-state index >= 15 is 8.78 Å². The van der Waals surface area contributed by atoms with E-state index in [9.17, 15) is 19.8 Å². The number of anilines is 1. The molecule has 0 bridgehead atoms. The van der Waals surface area contributed by atoms with E-state index in [0.29, 0.717) is 22.2 Å². The summed E-state index contributed by atoms with van der Waals surface area (Å²) in [6, 6.07) is 4.93. The Morgan fingerprint density at radius 1 is 1.21 bits per heavy atom. The summed E-state index contributed by atoms with van der Waals surface area (Å²) < 4.78 is 33.1. The average molecular weight is 568 g/mol. The molecule has 6 rings (SSSR count). The van der Waals surface area contributed by atoms with Crippen LogP contribution >= 0.6 is 23.2 Å². The Bertz CT molecular complexity index is 1310. The fourth-order valence-corrected chi connectivity index (χ4v) is 8.95. The number of rotatable bonds is 3. The van der Waals surface area contributed by atoms with Gasteiger partial charge < -0.3 is 10.2 Å². The van der Waals surface area contributed by atoms with Gasteiger partial charge in [0.15, 0.2) is 22.8 Å². The maximum atomic E-state index is 17.4. The molecule has 6 nitrogen and oxygen atoms in total. The van der Waals surface area contributed by atoms with E-state index in [2.05, 4.69) is 0 Å². The molecule has 204 valence electrons. The molecule has 1 aromatic rings. The number of carbonyl (C=O) groups is 2. The van der Waals surface area contributed by atoms with Crippen molar-refractivity contribution in [3.05, 3.63) is 52.0 Å². The summed E-state index contributed by atoms with van der Waals surface area (Å²) in [5.41, 5.74) is -5.81. The van der Waals surface area contributed by atoms with Gasteiger partial charge in [-0.2, -0.15) is 0 Å². The molecule has 1 aliphatic heterocycles. The Morgan fingerprint density at radius 3 is 2.63 bits per heavy atom. The fraction of sp³-hybridized carbons (Fsp3) is 0.571. The number of carbonyl (C=O) groups excluding carboxylic acids is 2. The van der Waals surface area contributed by atoms with Crippen LogP contribution in [0.3, 0.4) is 0 Å². The Morgan fingerprint density at radius 2 is 1.95 bits per heavy atom. The van der Waals surface area contributed by atoms with E-state index in [0.717, 1.165) is 6.08 Å². The van der Waals surface area contributed by atoms with Gasteiger partial charge in [-0.05, 0) is 68.0 Å². The summed E-state index contributed by atoms with van der Waals surface area (Å²) in [6.45, 7) is 2.79. The van der Waals surface area contributed by atoms with Gasteiger partial charge in [0, 0.05) is 22.7 Å². The van der Waals surface area contributed by atoms with Crippen LogP contribution in [0.5, 0.6) is 0 Å². The van der Waals surface area contributed by atoms with E-state index < -0.39 is 70.3 Å². The Hall–Kier alpha value is -1.84. The van der Waals surface area contributed by atoms with Gasteiger partial charge in [-0.3, -0.25) is 19.5 Å². The largest absolute Gasteiger partial charge is 0.390 e. The van der Waals surface area contributed by atoms with Gasteiger partial charge in [-0.15, -0.1) is 0 Å². The highest BCUT2D eigenvalue weighted by atomic mass is 35.5. The van der Waals surface area contributed by atoms with E-state index in [-0.39, 0.29) is 25.0 Å². The molecule has 5 aliphatic rings. The Kier molecular flexibility index (Phi) is 5.79. The monoisotopic (exact) mass is 567 g/mol. The minimum Gasteiger partial charge on any atom is -0.390 e. The van der Waals surface area contributed by atoms with Crippen LogP contribution in [0.2, 0.25) is 10.0 Å². The third-order valence-electron chi connectivity index (χ3n) is 10.4. The number of nitrogens with zero attached hydrogens (tertiary/aromatic N) is 1. The van der Waals surface area contributed by atoms with Crippen LogP contribution in [0.4, 0.5) is 14.5 Å². The van der Waals surface area contributed by atoms with Gasteiger partial charge in [-0.1, -0.05) is 36.2 Å². The first-order chi connectivity index (χ1) is 17.8. The molecule has 3 saturated carbocycles. The number of benzene rings is 1. The molecule has 0 radical (unpaired) electrons.